The largest absolute Gasteiger partial charge is 0.490 e. The van der Waals surface area contributed by atoms with E-state index in [9.17, 15) is 14.0 Å². The molecule has 8 heteroatoms. The smallest absolute Gasteiger partial charge is 0.236 e. The highest BCUT2D eigenvalue weighted by atomic mass is 19.1. The maximum atomic E-state index is 13.1. The lowest BCUT2D eigenvalue weighted by molar-refractivity contribution is -0.138. The van der Waals surface area contributed by atoms with Crippen LogP contribution in [0.2, 0.25) is 0 Å². The molecule has 1 aromatic carbocycles. The Bertz CT molecular complexity index is 649. The monoisotopic (exact) mass is 379 g/mol. The van der Waals surface area contributed by atoms with Gasteiger partial charge in [0, 0.05) is 44.9 Å². The third kappa shape index (κ3) is 5.64. The van der Waals surface area contributed by atoms with Crippen molar-refractivity contribution in [2.24, 2.45) is 11.7 Å². The van der Waals surface area contributed by atoms with Gasteiger partial charge in [0.15, 0.2) is 0 Å². The first kappa shape index (κ1) is 19.6. The molecule has 0 aromatic heterocycles. The van der Waals surface area contributed by atoms with Gasteiger partial charge in [0.2, 0.25) is 11.8 Å². The zero-order chi connectivity index (χ0) is 19.2. The van der Waals surface area contributed by atoms with E-state index in [-0.39, 0.29) is 30.2 Å². The first-order valence-electron chi connectivity index (χ1n) is 9.29. The number of hydrogen-bond acceptors (Lipinski definition) is 5. The third-order valence-corrected chi connectivity index (χ3v) is 5.04. The van der Waals surface area contributed by atoms with Crippen LogP contribution in [0.5, 0.6) is 5.75 Å². The second-order valence-electron chi connectivity index (χ2n) is 7.06. The Labute approximate surface area is 158 Å². The second-order valence-corrected chi connectivity index (χ2v) is 7.06. The summed E-state index contributed by atoms with van der Waals surface area (Å²) in [5.74, 6) is -0.347. The van der Waals surface area contributed by atoms with E-state index in [0.717, 1.165) is 13.1 Å². The Balaban J connectivity index is 1.60. The fourth-order valence-electron chi connectivity index (χ4n) is 3.59. The van der Waals surface area contributed by atoms with Gasteiger partial charge >= 0.3 is 0 Å². The number of carbonyl (C=O) groups is 2. The van der Waals surface area contributed by atoms with Gasteiger partial charge in [-0.3, -0.25) is 14.5 Å². The zero-order valence-electron chi connectivity index (χ0n) is 15.3. The van der Waals surface area contributed by atoms with E-state index in [1.165, 1.54) is 12.1 Å². The average molecular weight is 379 g/mol. The number of carbonyl (C=O) groups excluding carboxylic acids is 2. The molecule has 2 fully saturated rings. The molecule has 2 aliphatic rings. The average Bonchev–Trinajstić information content (AvgIpc) is 2.65. The Morgan fingerprint density at radius 1 is 1.19 bits per heavy atom. The SMILES string of the molecule is NC(=O)C[C@H]1CN(C(=O)CN2CCOCC2)CC[C@@H]1Oc1ccc(F)cc1. The number of primary amides is 1. The number of nitrogens with two attached hydrogens (primary N) is 1. The first-order valence-corrected chi connectivity index (χ1v) is 9.29. The lowest BCUT2D eigenvalue weighted by atomic mass is 9.91. The lowest BCUT2D eigenvalue weighted by Crippen LogP contribution is -2.52. The predicted molar refractivity (Wildman–Crippen MR) is 96.6 cm³/mol. The summed E-state index contributed by atoms with van der Waals surface area (Å²) < 4.78 is 24.3. The van der Waals surface area contributed by atoms with Crippen LogP contribution in [0.1, 0.15) is 12.8 Å². The van der Waals surface area contributed by atoms with Crippen LogP contribution in [0, 0.1) is 11.7 Å². The lowest BCUT2D eigenvalue weighted by Gasteiger charge is -2.39. The van der Waals surface area contributed by atoms with Crippen molar-refractivity contribution in [3.8, 4) is 5.75 Å². The number of benzene rings is 1. The summed E-state index contributed by atoms with van der Waals surface area (Å²) in [6, 6.07) is 5.79. The molecule has 0 spiro atoms. The number of likely N-dealkylation sites (tertiary alicyclic amines) is 1. The van der Waals surface area contributed by atoms with Crippen LogP contribution in [0.3, 0.4) is 0 Å². The summed E-state index contributed by atoms with van der Waals surface area (Å²) in [5.41, 5.74) is 5.40. The Morgan fingerprint density at radius 2 is 1.89 bits per heavy atom. The van der Waals surface area contributed by atoms with Gasteiger partial charge in [-0.15, -0.1) is 0 Å². The molecule has 2 heterocycles. The Morgan fingerprint density at radius 3 is 2.56 bits per heavy atom. The first-order chi connectivity index (χ1) is 13.0. The fraction of sp³-hybridized carbons (Fsp3) is 0.579. The molecule has 1 aromatic rings. The van der Waals surface area contributed by atoms with E-state index in [1.54, 1.807) is 17.0 Å². The summed E-state index contributed by atoms with van der Waals surface area (Å²) in [7, 11) is 0. The van der Waals surface area contributed by atoms with Gasteiger partial charge in [-0.2, -0.15) is 0 Å². The van der Waals surface area contributed by atoms with Gasteiger partial charge < -0.3 is 20.1 Å². The van der Waals surface area contributed by atoms with Crippen LogP contribution < -0.4 is 10.5 Å². The normalized spacial score (nSPS) is 23.8. The molecule has 148 valence electrons. The zero-order valence-corrected chi connectivity index (χ0v) is 15.3. The molecule has 2 amide bonds. The second kappa shape index (κ2) is 9.14. The van der Waals surface area contributed by atoms with Crippen LogP contribution >= 0.6 is 0 Å². The molecular formula is C19H26FN3O4. The fourth-order valence-corrected chi connectivity index (χ4v) is 3.59. The van der Waals surface area contributed by atoms with Crippen molar-refractivity contribution in [1.82, 2.24) is 9.80 Å². The van der Waals surface area contributed by atoms with Crippen LogP contribution in [0.25, 0.3) is 0 Å². The molecule has 2 N–H and O–H groups in total. The summed E-state index contributed by atoms with van der Waals surface area (Å²) >= 11 is 0. The van der Waals surface area contributed by atoms with Crippen LogP contribution in [-0.4, -0.2) is 73.7 Å². The minimum atomic E-state index is -0.421. The van der Waals surface area contributed by atoms with E-state index in [0.29, 0.717) is 45.0 Å². The highest BCUT2D eigenvalue weighted by Gasteiger charge is 2.34. The number of piperidine rings is 1. The summed E-state index contributed by atoms with van der Waals surface area (Å²) in [4.78, 5) is 28.0. The topological polar surface area (TPSA) is 85.1 Å². The minimum Gasteiger partial charge on any atom is -0.490 e. The van der Waals surface area contributed by atoms with Crippen molar-refractivity contribution in [1.29, 1.82) is 0 Å². The molecule has 27 heavy (non-hydrogen) atoms. The Kier molecular flexibility index (Phi) is 6.63. The van der Waals surface area contributed by atoms with Gasteiger partial charge in [0.1, 0.15) is 17.7 Å². The van der Waals surface area contributed by atoms with Gasteiger partial charge in [-0.1, -0.05) is 0 Å². The van der Waals surface area contributed by atoms with Crippen molar-refractivity contribution in [2.75, 3.05) is 45.9 Å². The number of rotatable bonds is 6. The van der Waals surface area contributed by atoms with E-state index < -0.39 is 5.91 Å². The summed E-state index contributed by atoms with van der Waals surface area (Å²) in [5, 5.41) is 0. The molecule has 0 saturated carbocycles. The molecule has 0 aliphatic carbocycles. The molecule has 0 bridgehead atoms. The molecule has 3 rings (SSSR count). The van der Waals surface area contributed by atoms with Crippen LogP contribution in [-0.2, 0) is 14.3 Å². The van der Waals surface area contributed by atoms with Crippen LogP contribution in [0.4, 0.5) is 4.39 Å². The van der Waals surface area contributed by atoms with Crippen molar-refractivity contribution in [3.63, 3.8) is 0 Å². The molecule has 7 nitrogen and oxygen atoms in total. The van der Waals surface area contributed by atoms with Crippen molar-refractivity contribution in [2.45, 2.75) is 18.9 Å². The van der Waals surface area contributed by atoms with Gasteiger partial charge in [-0.25, -0.2) is 4.39 Å². The molecule has 2 atom stereocenters. The maximum Gasteiger partial charge on any atom is 0.236 e. The van der Waals surface area contributed by atoms with E-state index in [4.69, 9.17) is 15.2 Å². The van der Waals surface area contributed by atoms with Gasteiger partial charge in [0.05, 0.1) is 19.8 Å². The standard InChI is InChI=1S/C19H26FN3O4/c20-15-1-3-16(4-2-15)27-17-5-6-23(12-14(17)11-18(21)24)19(25)13-22-7-9-26-10-8-22/h1-4,14,17H,5-13H2,(H2,21,24)/t14-,17-/m0/s1. The quantitative estimate of drug-likeness (QED) is 0.784. The maximum absolute atomic E-state index is 13.1. The predicted octanol–water partition coefficient (Wildman–Crippen LogP) is 0.629. The molecule has 2 saturated heterocycles. The van der Waals surface area contributed by atoms with E-state index >= 15 is 0 Å². The van der Waals surface area contributed by atoms with Gasteiger partial charge in [0.25, 0.3) is 0 Å². The van der Waals surface area contributed by atoms with E-state index in [1.807, 2.05) is 0 Å². The van der Waals surface area contributed by atoms with Crippen LogP contribution in [0.15, 0.2) is 24.3 Å². The highest BCUT2D eigenvalue weighted by molar-refractivity contribution is 5.79. The third-order valence-electron chi connectivity index (χ3n) is 5.04. The number of hydrogen-bond donors (Lipinski definition) is 1. The van der Waals surface area contributed by atoms with Crippen molar-refractivity contribution >= 4 is 11.8 Å². The number of halogens is 1. The number of nitrogens with zero attached hydrogens (tertiary/aromatic N) is 2. The highest BCUT2D eigenvalue weighted by Crippen LogP contribution is 2.26. The minimum absolute atomic E-state index is 0.0478. The molecule has 0 unspecified atom stereocenters. The molecule has 0 radical (unpaired) electrons. The van der Waals surface area contributed by atoms with Gasteiger partial charge in [-0.05, 0) is 24.3 Å². The van der Waals surface area contributed by atoms with Crippen molar-refractivity contribution in [3.05, 3.63) is 30.1 Å². The summed E-state index contributed by atoms with van der Waals surface area (Å²) in [6.07, 6.45) is 0.507. The molecular weight excluding hydrogens is 353 g/mol. The number of ether oxygens (including phenoxy) is 2. The van der Waals surface area contributed by atoms with E-state index in [2.05, 4.69) is 4.90 Å². The molecule has 2 aliphatic heterocycles. The summed E-state index contributed by atoms with van der Waals surface area (Å²) in [6.45, 7) is 4.13. The Hall–Kier alpha value is -2.19. The number of amides is 2. The van der Waals surface area contributed by atoms with Crippen molar-refractivity contribution < 1.29 is 23.5 Å². The number of morpholine rings is 1.